The van der Waals surface area contributed by atoms with Crippen LogP contribution in [0, 0.1) is 11.3 Å². The van der Waals surface area contributed by atoms with Gasteiger partial charge in [-0.3, -0.25) is 4.79 Å². The molecule has 0 saturated heterocycles. The average Bonchev–Trinajstić information content (AvgIpc) is 2.28. The van der Waals surface area contributed by atoms with Gasteiger partial charge in [0.05, 0.1) is 6.07 Å². The number of hydrogen-bond acceptors (Lipinski definition) is 3. The molecular weight excluding hydrogens is 240 g/mol. The largest absolute Gasteiger partial charge is 0.484 e. The molecule has 90 valence electrons. The number of carbonyl (C=O) groups is 1. The molecule has 0 aliphatic heterocycles. The van der Waals surface area contributed by atoms with Gasteiger partial charge in [-0.15, -0.1) is 0 Å². The molecule has 5 heteroatoms. The second kappa shape index (κ2) is 5.55. The highest BCUT2D eigenvalue weighted by molar-refractivity contribution is 6.30. The summed E-state index contributed by atoms with van der Waals surface area (Å²) in [5, 5.41) is 11.9. The highest BCUT2D eigenvalue weighted by Crippen LogP contribution is 2.15. The molecule has 0 aromatic heterocycles. The molecule has 1 aromatic carbocycles. The smallest absolute Gasteiger partial charge is 0.259 e. The highest BCUT2D eigenvalue weighted by Gasteiger charge is 2.19. The van der Waals surface area contributed by atoms with Crippen molar-refractivity contribution in [3.05, 3.63) is 29.3 Å². The van der Waals surface area contributed by atoms with Crippen molar-refractivity contribution >= 4 is 17.5 Å². The molecule has 0 saturated carbocycles. The van der Waals surface area contributed by atoms with Crippen LogP contribution in [0.15, 0.2) is 24.3 Å². The summed E-state index contributed by atoms with van der Waals surface area (Å²) in [6.07, 6.45) is 0. The first-order valence-electron chi connectivity index (χ1n) is 5.03. The first-order valence-corrected chi connectivity index (χ1v) is 5.41. The van der Waals surface area contributed by atoms with Gasteiger partial charge in [-0.1, -0.05) is 11.6 Å². The zero-order chi connectivity index (χ0) is 12.9. The maximum Gasteiger partial charge on any atom is 0.259 e. The number of nitriles is 1. The lowest BCUT2D eigenvalue weighted by Gasteiger charge is -2.17. The Hall–Kier alpha value is -1.73. The van der Waals surface area contributed by atoms with Crippen molar-refractivity contribution in [2.75, 3.05) is 6.61 Å². The van der Waals surface area contributed by atoms with E-state index in [1.165, 1.54) is 0 Å². The fourth-order valence-corrected chi connectivity index (χ4v) is 1.22. The van der Waals surface area contributed by atoms with Crippen LogP contribution in [0.25, 0.3) is 0 Å². The molecule has 0 aliphatic carbocycles. The molecule has 0 unspecified atom stereocenters. The summed E-state index contributed by atoms with van der Waals surface area (Å²) in [5.41, 5.74) is -0.888. The van der Waals surface area contributed by atoms with Gasteiger partial charge in [-0.25, -0.2) is 0 Å². The summed E-state index contributed by atoms with van der Waals surface area (Å²) in [6.45, 7) is 3.10. The Morgan fingerprint density at radius 1 is 1.47 bits per heavy atom. The summed E-state index contributed by atoms with van der Waals surface area (Å²) in [4.78, 5) is 11.4. The van der Waals surface area contributed by atoms with Gasteiger partial charge in [0.2, 0.25) is 0 Å². The van der Waals surface area contributed by atoms with Gasteiger partial charge in [0.15, 0.2) is 6.61 Å². The van der Waals surface area contributed by atoms with Crippen LogP contribution >= 0.6 is 11.6 Å². The number of halogens is 1. The van der Waals surface area contributed by atoms with Crippen LogP contribution < -0.4 is 10.1 Å². The molecule has 4 nitrogen and oxygen atoms in total. The molecule has 17 heavy (non-hydrogen) atoms. The second-order valence-electron chi connectivity index (χ2n) is 4.03. The van der Waals surface area contributed by atoms with E-state index in [0.717, 1.165) is 0 Å². The fourth-order valence-electron chi connectivity index (χ4n) is 1.09. The third kappa shape index (κ3) is 4.75. The van der Waals surface area contributed by atoms with Crippen molar-refractivity contribution in [3.8, 4) is 11.8 Å². The van der Waals surface area contributed by atoms with Crippen molar-refractivity contribution in [1.29, 1.82) is 5.26 Å². The van der Waals surface area contributed by atoms with Gasteiger partial charge in [-0.05, 0) is 38.1 Å². The lowest BCUT2D eigenvalue weighted by atomic mass is 10.1. The molecular formula is C12H13ClN2O2. The topological polar surface area (TPSA) is 62.1 Å². The molecule has 0 spiro atoms. The van der Waals surface area contributed by atoms with Crippen LogP contribution in [-0.2, 0) is 4.79 Å². The van der Waals surface area contributed by atoms with Crippen molar-refractivity contribution in [2.45, 2.75) is 19.4 Å². The third-order valence-electron chi connectivity index (χ3n) is 1.91. The predicted octanol–water partition coefficient (Wildman–Crippen LogP) is 2.14. The summed E-state index contributed by atoms with van der Waals surface area (Å²) < 4.78 is 5.23. The molecule has 1 amide bonds. The minimum absolute atomic E-state index is 0.132. The summed E-state index contributed by atoms with van der Waals surface area (Å²) >= 11 is 5.71. The minimum atomic E-state index is -0.888. The number of nitrogens with zero attached hydrogens (tertiary/aromatic N) is 1. The van der Waals surface area contributed by atoms with E-state index in [4.69, 9.17) is 21.6 Å². The fraction of sp³-hybridized carbons (Fsp3) is 0.333. The summed E-state index contributed by atoms with van der Waals surface area (Å²) in [5.74, 6) is 0.214. The molecule has 0 bridgehead atoms. The van der Waals surface area contributed by atoms with Crippen LogP contribution in [0.4, 0.5) is 0 Å². The Labute approximate surface area is 105 Å². The first-order chi connectivity index (χ1) is 7.93. The van der Waals surface area contributed by atoms with E-state index in [0.29, 0.717) is 10.8 Å². The molecule has 0 fully saturated rings. The minimum Gasteiger partial charge on any atom is -0.484 e. The van der Waals surface area contributed by atoms with Gasteiger partial charge < -0.3 is 10.1 Å². The van der Waals surface area contributed by atoms with Crippen LogP contribution in [0.3, 0.4) is 0 Å². The number of rotatable bonds is 4. The Kier molecular flexibility index (Phi) is 4.36. The normalized spacial score (nSPS) is 10.5. The van der Waals surface area contributed by atoms with E-state index >= 15 is 0 Å². The van der Waals surface area contributed by atoms with Gasteiger partial charge in [0.25, 0.3) is 5.91 Å². The Bertz CT molecular complexity index is 435. The van der Waals surface area contributed by atoms with Crippen molar-refractivity contribution < 1.29 is 9.53 Å². The Morgan fingerprint density at radius 3 is 2.59 bits per heavy atom. The summed E-state index contributed by atoms with van der Waals surface area (Å²) in [6, 6.07) is 8.67. The summed E-state index contributed by atoms with van der Waals surface area (Å²) in [7, 11) is 0. The van der Waals surface area contributed by atoms with Gasteiger partial charge in [0.1, 0.15) is 11.3 Å². The lowest BCUT2D eigenvalue weighted by molar-refractivity contribution is -0.124. The molecule has 0 atom stereocenters. The SMILES string of the molecule is CC(C)(C#N)NC(=O)COc1ccc(Cl)cc1. The van der Waals surface area contributed by atoms with E-state index in [1.54, 1.807) is 38.1 Å². The number of ether oxygens (including phenoxy) is 1. The Morgan fingerprint density at radius 2 is 2.06 bits per heavy atom. The number of hydrogen-bond donors (Lipinski definition) is 1. The molecule has 1 aromatic rings. The predicted molar refractivity (Wildman–Crippen MR) is 64.8 cm³/mol. The zero-order valence-electron chi connectivity index (χ0n) is 9.66. The molecule has 0 radical (unpaired) electrons. The van der Waals surface area contributed by atoms with Gasteiger partial charge >= 0.3 is 0 Å². The van der Waals surface area contributed by atoms with E-state index < -0.39 is 5.54 Å². The number of carbonyl (C=O) groups excluding carboxylic acids is 1. The quantitative estimate of drug-likeness (QED) is 0.893. The number of benzene rings is 1. The maximum absolute atomic E-state index is 11.4. The van der Waals surface area contributed by atoms with E-state index in [9.17, 15) is 4.79 Å². The number of amides is 1. The van der Waals surface area contributed by atoms with Crippen molar-refractivity contribution in [1.82, 2.24) is 5.32 Å². The van der Waals surface area contributed by atoms with Crippen LogP contribution in [0.2, 0.25) is 5.02 Å². The molecule has 1 N–H and O–H groups in total. The van der Waals surface area contributed by atoms with Crippen LogP contribution in [-0.4, -0.2) is 18.1 Å². The van der Waals surface area contributed by atoms with Crippen molar-refractivity contribution in [2.24, 2.45) is 0 Å². The van der Waals surface area contributed by atoms with E-state index in [-0.39, 0.29) is 12.5 Å². The van der Waals surface area contributed by atoms with Crippen LogP contribution in [0.5, 0.6) is 5.75 Å². The average molecular weight is 253 g/mol. The molecule has 1 rings (SSSR count). The maximum atomic E-state index is 11.4. The zero-order valence-corrected chi connectivity index (χ0v) is 10.4. The van der Waals surface area contributed by atoms with Gasteiger partial charge in [0, 0.05) is 5.02 Å². The highest BCUT2D eigenvalue weighted by atomic mass is 35.5. The van der Waals surface area contributed by atoms with Gasteiger partial charge in [-0.2, -0.15) is 5.26 Å². The van der Waals surface area contributed by atoms with E-state index in [2.05, 4.69) is 5.32 Å². The van der Waals surface area contributed by atoms with Crippen LogP contribution in [0.1, 0.15) is 13.8 Å². The molecule has 0 heterocycles. The first kappa shape index (κ1) is 13.3. The lowest BCUT2D eigenvalue weighted by Crippen LogP contribution is -2.44. The van der Waals surface area contributed by atoms with Crippen molar-refractivity contribution in [3.63, 3.8) is 0 Å². The monoisotopic (exact) mass is 252 g/mol. The number of nitrogens with one attached hydrogen (secondary N) is 1. The second-order valence-corrected chi connectivity index (χ2v) is 4.46. The van der Waals surface area contributed by atoms with E-state index in [1.807, 2.05) is 6.07 Å². The third-order valence-corrected chi connectivity index (χ3v) is 2.17. The molecule has 0 aliphatic rings. The standard InChI is InChI=1S/C12H13ClN2O2/c1-12(2,8-14)15-11(16)7-17-10-5-3-9(13)4-6-10/h3-6H,7H2,1-2H3,(H,15,16). The Balaban J connectivity index is 2.44.